The molecule has 0 fully saturated rings. The van der Waals surface area contributed by atoms with Gasteiger partial charge in [-0.2, -0.15) is 0 Å². The minimum atomic E-state index is 0.204. The zero-order valence-electron chi connectivity index (χ0n) is 14.2. The molecule has 1 aromatic carbocycles. The lowest BCUT2D eigenvalue weighted by molar-refractivity contribution is 0.233. The summed E-state index contributed by atoms with van der Waals surface area (Å²) < 4.78 is 5.68. The van der Waals surface area contributed by atoms with Gasteiger partial charge in [-0.3, -0.25) is 4.90 Å². The normalized spacial score (nSPS) is 13.2. The Kier molecular flexibility index (Phi) is 7.72. The maximum Gasteiger partial charge on any atom is 0.119 e. The van der Waals surface area contributed by atoms with Crippen LogP contribution in [0.1, 0.15) is 31.9 Å². The van der Waals surface area contributed by atoms with Crippen molar-refractivity contribution >= 4 is 0 Å². The van der Waals surface area contributed by atoms with Gasteiger partial charge >= 0.3 is 0 Å². The second kappa shape index (κ2) is 9.03. The molecule has 1 rings (SSSR count). The van der Waals surface area contributed by atoms with Crippen LogP contribution < -0.4 is 10.5 Å². The van der Waals surface area contributed by atoms with Gasteiger partial charge in [-0.1, -0.05) is 12.1 Å². The zero-order chi connectivity index (χ0) is 15.8. The van der Waals surface area contributed by atoms with Crippen LogP contribution in [0.5, 0.6) is 5.75 Å². The van der Waals surface area contributed by atoms with Crippen LogP contribution in [-0.4, -0.2) is 56.7 Å². The van der Waals surface area contributed by atoms with Crippen molar-refractivity contribution in [3.63, 3.8) is 0 Å². The first-order chi connectivity index (χ1) is 9.93. The Morgan fingerprint density at radius 1 is 1.05 bits per heavy atom. The van der Waals surface area contributed by atoms with Crippen molar-refractivity contribution in [2.75, 3.05) is 40.8 Å². The highest BCUT2D eigenvalue weighted by atomic mass is 16.5. The highest BCUT2D eigenvalue weighted by Gasteiger charge is 2.15. The van der Waals surface area contributed by atoms with Crippen molar-refractivity contribution in [1.29, 1.82) is 0 Å². The number of ether oxygens (including phenoxy) is 1. The smallest absolute Gasteiger partial charge is 0.119 e. The predicted octanol–water partition coefficient (Wildman–Crippen LogP) is 2.36. The molecule has 4 nitrogen and oxygen atoms in total. The van der Waals surface area contributed by atoms with E-state index in [9.17, 15) is 0 Å². The van der Waals surface area contributed by atoms with Crippen LogP contribution in [0.2, 0.25) is 0 Å². The van der Waals surface area contributed by atoms with E-state index in [0.717, 1.165) is 25.3 Å². The van der Waals surface area contributed by atoms with E-state index in [4.69, 9.17) is 10.5 Å². The predicted molar refractivity (Wildman–Crippen MR) is 89.8 cm³/mol. The largest absolute Gasteiger partial charge is 0.491 e. The van der Waals surface area contributed by atoms with Crippen LogP contribution in [0.3, 0.4) is 0 Å². The number of benzene rings is 1. The number of nitrogens with two attached hydrogens (primary N) is 1. The van der Waals surface area contributed by atoms with Crippen LogP contribution in [0.4, 0.5) is 0 Å². The van der Waals surface area contributed by atoms with Gasteiger partial charge in [0.1, 0.15) is 5.75 Å². The standard InChI is InChI=1S/C17H31N3O/c1-14(2)21-16-9-7-15(8-10-16)17(13-18)20(5)12-6-11-19(3)4/h7-10,14,17H,6,11-13,18H2,1-5H3. The molecule has 0 aliphatic carbocycles. The minimum absolute atomic E-state index is 0.204. The van der Waals surface area contributed by atoms with Crippen molar-refractivity contribution in [3.8, 4) is 5.75 Å². The first-order valence-electron chi connectivity index (χ1n) is 7.75. The highest BCUT2D eigenvalue weighted by Crippen LogP contribution is 2.22. The molecule has 4 heteroatoms. The van der Waals surface area contributed by atoms with Crippen LogP contribution in [0.25, 0.3) is 0 Å². The van der Waals surface area contributed by atoms with E-state index in [1.54, 1.807) is 0 Å². The maximum atomic E-state index is 5.97. The number of likely N-dealkylation sites (N-methyl/N-ethyl adjacent to an activating group) is 1. The third-order valence-electron chi connectivity index (χ3n) is 3.51. The first-order valence-corrected chi connectivity index (χ1v) is 7.75. The fourth-order valence-electron chi connectivity index (χ4n) is 2.40. The van der Waals surface area contributed by atoms with Gasteiger partial charge in [0.25, 0.3) is 0 Å². The Balaban J connectivity index is 2.62. The Bertz CT molecular complexity index is 390. The van der Waals surface area contributed by atoms with Gasteiger partial charge in [0.05, 0.1) is 6.10 Å². The fourth-order valence-corrected chi connectivity index (χ4v) is 2.40. The molecule has 0 aliphatic rings. The van der Waals surface area contributed by atoms with E-state index in [-0.39, 0.29) is 12.1 Å². The summed E-state index contributed by atoms with van der Waals surface area (Å²) in [5, 5.41) is 0. The highest BCUT2D eigenvalue weighted by molar-refractivity contribution is 5.29. The topological polar surface area (TPSA) is 41.7 Å². The molecule has 120 valence electrons. The van der Waals surface area contributed by atoms with Gasteiger partial charge in [-0.25, -0.2) is 0 Å². The number of hydrogen-bond acceptors (Lipinski definition) is 4. The molecular weight excluding hydrogens is 262 g/mol. The van der Waals surface area contributed by atoms with E-state index >= 15 is 0 Å². The molecule has 0 radical (unpaired) electrons. The number of hydrogen-bond donors (Lipinski definition) is 1. The molecule has 0 aliphatic heterocycles. The summed E-state index contributed by atoms with van der Waals surface area (Å²) >= 11 is 0. The molecule has 0 amide bonds. The SMILES string of the molecule is CC(C)Oc1ccc(C(CN)N(C)CCCN(C)C)cc1. The molecule has 1 aromatic rings. The molecule has 0 heterocycles. The molecule has 0 aromatic heterocycles. The van der Waals surface area contributed by atoms with E-state index in [1.165, 1.54) is 5.56 Å². The van der Waals surface area contributed by atoms with E-state index in [1.807, 2.05) is 26.0 Å². The van der Waals surface area contributed by atoms with Gasteiger partial charge in [-0.15, -0.1) is 0 Å². The summed E-state index contributed by atoms with van der Waals surface area (Å²) in [6.45, 7) is 6.85. The first kappa shape index (κ1) is 18.0. The van der Waals surface area contributed by atoms with Gasteiger partial charge in [0, 0.05) is 12.6 Å². The fraction of sp³-hybridized carbons (Fsp3) is 0.647. The van der Waals surface area contributed by atoms with Gasteiger partial charge in [0.2, 0.25) is 0 Å². The molecule has 1 unspecified atom stereocenters. The lowest BCUT2D eigenvalue weighted by Gasteiger charge is -2.28. The van der Waals surface area contributed by atoms with Crippen molar-refractivity contribution in [1.82, 2.24) is 9.80 Å². The van der Waals surface area contributed by atoms with Crippen LogP contribution in [0.15, 0.2) is 24.3 Å². The third kappa shape index (κ3) is 6.46. The van der Waals surface area contributed by atoms with Gasteiger partial charge in [0.15, 0.2) is 0 Å². The van der Waals surface area contributed by atoms with Crippen LogP contribution in [-0.2, 0) is 0 Å². The summed E-state index contributed by atoms with van der Waals surface area (Å²) in [6, 6.07) is 8.58. The monoisotopic (exact) mass is 293 g/mol. The second-order valence-electron chi connectivity index (χ2n) is 6.12. The molecule has 21 heavy (non-hydrogen) atoms. The average Bonchev–Trinajstić information content (AvgIpc) is 2.40. The number of nitrogens with zero attached hydrogens (tertiary/aromatic N) is 2. The molecule has 2 N–H and O–H groups in total. The molecular formula is C17H31N3O. The summed E-state index contributed by atoms with van der Waals surface area (Å²) in [5.41, 5.74) is 7.22. The maximum absolute atomic E-state index is 5.97. The van der Waals surface area contributed by atoms with Gasteiger partial charge < -0.3 is 15.4 Å². The minimum Gasteiger partial charge on any atom is -0.491 e. The zero-order valence-corrected chi connectivity index (χ0v) is 14.2. The lowest BCUT2D eigenvalue weighted by atomic mass is 10.1. The van der Waals surface area contributed by atoms with E-state index in [2.05, 4.69) is 43.1 Å². The molecule has 0 bridgehead atoms. The second-order valence-corrected chi connectivity index (χ2v) is 6.12. The molecule has 0 saturated carbocycles. The van der Waals surface area contributed by atoms with E-state index < -0.39 is 0 Å². The van der Waals surface area contributed by atoms with Crippen molar-refractivity contribution in [2.24, 2.45) is 5.73 Å². The van der Waals surface area contributed by atoms with Crippen LogP contribution >= 0.6 is 0 Å². The summed E-state index contributed by atoms with van der Waals surface area (Å²) in [7, 11) is 6.35. The third-order valence-corrected chi connectivity index (χ3v) is 3.51. The molecule has 0 spiro atoms. The Hall–Kier alpha value is -1.10. The van der Waals surface area contributed by atoms with E-state index in [0.29, 0.717) is 6.54 Å². The Morgan fingerprint density at radius 2 is 1.67 bits per heavy atom. The van der Waals surface area contributed by atoms with Crippen LogP contribution in [0, 0.1) is 0 Å². The summed E-state index contributed by atoms with van der Waals surface area (Å²) in [4.78, 5) is 4.55. The summed E-state index contributed by atoms with van der Waals surface area (Å²) in [6.07, 6.45) is 1.35. The summed E-state index contributed by atoms with van der Waals surface area (Å²) in [5.74, 6) is 0.916. The van der Waals surface area contributed by atoms with Crippen molar-refractivity contribution in [2.45, 2.75) is 32.4 Å². The van der Waals surface area contributed by atoms with Crippen molar-refractivity contribution < 1.29 is 4.74 Å². The van der Waals surface area contributed by atoms with Crippen molar-refractivity contribution in [3.05, 3.63) is 29.8 Å². The average molecular weight is 293 g/mol. The lowest BCUT2D eigenvalue weighted by Crippen LogP contribution is -2.32. The molecule has 1 atom stereocenters. The number of rotatable bonds is 9. The van der Waals surface area contributed by atoms with Gasteiger partial charge in [-0.05, 0) is 72.2 Å². The quantitative estimate of drug-likeness (QED) is 0.759. The Labute approximate surface area is 129 Å². The Morgan fingerprint density at radius 3 is 2.14 bits per heavy atom. The molecule has 0 saturated heterocycles.